The zero-order chi connectivity index (χ0) is 24.3. The first-order chi connectivity index (χ1) is 15.7. The molecule has 174 valence electrons. The van der Waals surface area contributed by atoms with Crippen LogP contribution in [0.5, 0.6) is 11.5 Å². The molecule has 0 spiro atoms. The van der Waals surface area contributed by atoms with Crippen LogP contribution in [0.4, 0.5) is 0 Å². The highest BCUT2D eigenvalue weighted by Crippen LogP contribution is 2.35. The van der Waals surface area contributed by atoms with E-state index in [1.54, 1.807) is 18.2 Å². The van der Waals surface area contributed by atoms with Gasteiger partial charge in [-0.15, -0.1) is 0 Å². The Morgan fingerprint density at radius 3 is 2.70 bits per heavy atom. The van der Waals surface area contributed by atoms with E-state index in [9.17, 15) is 14.7 Å². The molecule has 10 heteroatoms. The van der Waals surface area contributed by atoms with Crippen molar-refractivity contribution in [3.05, 3.63) is 61.6 Å². The number of carboxylic acid groups (broad SMARTS) is 1. The minimum atomic E-state index is -1.15. The second-order valence-electron chi connectivity index (χ2n) is 7.43. The number of benzene rings is 2. The van der Waals surface area contributed by atoms with E-state index < -0.39 is 12.1 Å². The first-order valence-electron chi connectivity index (χ1n) is 10.2. The van der Waals surface area contributed by atoms with Crippen LogP contribution in [0.3, 0.4) is 0 Å². The van der Waals surface area contributed by atoms with Crippen LogP contribution in [0.25, 0.3) is 10.9 Å². The topological polar surface area (TPSA) is 103 Å². The first-order valence-corrected chi connectivity index (χ1v) is 11.4. The molecule has 1 N–H and O–H groups in total. The second-order valence-corrected chi connectivity index (χ2v) is 8.78. The second kappa shape index (κ2) is 10.4. The van der Waals surface area contributed by atoms with Crippen LogP contribution in [-0.4, -0.2) is 40.2 Å². The van der Waals surface area contributed by atoms with Gasteiger partial charge in [0.1, 0.15) is 5.82 Å². The van der Waals surface area contributed by atoms with Crippen LogP contribution in [0, 0.1) is 0 Å². The summed E-state index contributed by atoms with van der Waals surface area (Å²) in [5.41, 5.74) is 0.598. The van der Waals surface area contributed by atoms with Gasteiger partial charge in [-0.05, 0) is 37.6 Å². The van der Waals surface area contributed by atoms with Crippen molar-refractivity contribution < 1.29 is 19.4 Å². The molecule has 0 saturated carbocycles. The lowest BCUT2D eigenvalue weighted by atomic mass is 10.1. The monoisotopic (exact) mass is 535 g/mol. The average Bonchev–Trinajstić information content (AvgIpc) is 2.79. The summed E-state index contributed by atoms with van der Waals surface area (Å²) in [5, 5.41) is 14.4. The molecule has 2 atom stereocenters. The summed E-state index contributed by atoms with van der Waals surface area (Å²) in [6.07, 6.45) is 0.988. The van der Waals surface area contributed by atoms with Gasteiger partial charge in [0.15, 0.2) is 17.6 Å². The summed E-state index contributed by atoms with van der Waals surface area (Å²) >= 11 is 9.60. The molecule has 3 aromatic rings. The van der Waals surface area contributed by atoms with E-state index in [2.05, 4.69) is 26.0 Å². The Kier molecular flexibility index (Phi) is 7.76. The fraction of sp³-hybridized carbons (Fsp3) is 0.304. The average molecular weight is 537 g/mol. The number of methoxy groups -OCH3 is 1. The third-order valence-corrected chi connectivity index (χ3v) is 5.82. The molecule has 2 aromatic carbocycles. The van der Waals surface area contributed by atoms with Crippen molar-refractivity contribution in [1.82, 2.24) is 9.66 Å². The predicted octanol–water partition coefficient (Wildman–Crippen LogP) is 5.07. The van der Waals surface area contributed by atoms with Gasteiger partial charge in [-0.2, -0.15) is 9.78 Å². The standard InChI is InChI=1S/C23H23BrClN3O5/c1-5-12(2)21-27-18-7-6-15(24)9-17(18)22(29)28(21)26-11-14-8-16(25)10-19(32-4)20(14)33-13(3)23(30)31/h6-13H,5H2,1-4H3,(H,30,31)/t12-,13+/m1/s1. The van der Waals surface area contributed by atoms with Crippen LogP contribution in [-0.2, 0) is 4.79 Å². The molecule has 1 heterocycles. The third kappa shape index (κ3) is 5.36. The van der Waals surface area contributed by atoms with Crippen molar-refractivity contribution in [2.75, 3.05) is 7.11 Å². The van der Waals surface area contributed by atoms with Gasteiger partial charge in [0.2, 0.25) is 0 Å². The molecule has 0 saturated heterocycles. The summed E-state index contributed by atoms with van der Waals surface area (Å²) in [6, 6.07) is 8.36. The Bertz CT molecular complexity index is 1290. The highest BCUT2D eigenvalue weighted by molar-refractivity contribution is 9.10. The Balaban J connectivity index is 2.21. The van der Waals surface area contributed by atoms with E-state index in [0.717, 1.165) is 10.9 Å². The maximum Gasteiger partial charge on any atom is 0.344 e. The number of aromatic nitrogens is 2. The number of nitrogens with zero attached hydrogens (tertiary/aromatic N) is 3. The van der Waals surface area contributed by atoms with Crippen LogP contribution in [0.2, 0.25) is 5.02 Å². The van der Waals surface area contributed by atoms with Crippen molar-refractivity contribution >= 4 is 50.6 Å². The van der Waals surface area contributed by atoms with Crippen LogP contribution >= 0.6 is 27.5 Å². The molecule has 8 nitrogen and oxygen atoms in total. The van der Waals surface area contributed by atoms with Crippen molar-refractivity contribution in [1.29, 1.82) is 0 Å². The minimum Gasteiger partial charge on any atom is -0.493 e. The zero-order valence-corrected chi connectivity index (χ0v) is 20.8. The Hall–Kier alpha value is -2.91. The Morgan fingerprint density at radius 1 is 1.33 bits per heavy atom. The van der Waals surface area contributed by atoms with Crippen molar-refractivity contribution in [3.8, 4) is 11.5 Å². The number of rotatable bonds is 8. The minimum absolute atomic E-state index is 0.0421. The smallest absolute Gasteiger partial charge is 0.344 e. The van der Waals surface area contributed by atoms with Gasteiger partial charge in [0.05, 0.1) is 24.2 Å². The first kappa shape index (κ1) is 24.7. The van der Waals surface area contributed by atoms with Gasteiger partial charge in [-0.25, -0.2) is 9.78 Å². The van der Waals surface area contributed by atoms with E-state index in [1.165, 1.54) is 31.0 Å². The molecule has 0 radical (unpaired) electrons. The lowest BCUT2D eigenvalue weighted by Crippen LogP contribution is -2.24. The third-order valence-electron chi connectivity index (χ3n) is 5.11. The van der Waals surface area contributed by atoms with Gasteiger partial charge in [0.25, 0.3) is 5.56 Å². The van der Waals surface area contributed by atoms with Gasteiger partial charge >= 0.3 is 5.97 Å². The number of hydrogen-bond acceptors (Lipinski definition) is 6. The van der Waals surface area contributed by atoms with Gasteiger partial charge in [-0.3, -0.25) is 4.79 Å². The van der Waals surface area contributed by atoms with E-state index in [0.29, 0.717) is 27.3 Å². The molecule has 1 aromatic heterocycles. The fourth-order valence-corrected chi connectivity index (χ4v) is 3.67. The molecule has 0 unspecified atom stereocenters. The molecular weight excluding hydrogens is 514 g/mol. The highest BCUT2D eigenvalue weighted by Gasteiger charge is 2.20. The van der Waals surface area contributed by atoms with E-state index in [1.807, 2.05) is 19.9 Å². The zero-order valence-electron chi connectivity index (χ0n) is 18.5. The van der Waals surface area contributed by atoms with Crippen molar-refractivity contribution in [2.24, 2.45) is 5.10 Å². The van der Waals surface area contributed by atoms with Crippen LogP contribution in [0.1, 0.15) is 44.5 Å². The number of aliphatic carboxylic acids is 1. The number of halogens is 2. The summed E-state index contributed by atoms with van der Waals surface area (Å²) in [7, 11) is 1.42. The molecule has 0 bridgehead atoms. The number of fused-ring (bicyclic) bond motifs is 1. The predicted molar refractivity (Wildman–Crippen MR) is 131 cm³/mol. The lowest BCUT2D eigenvalue weighted by molar-refractivity contribution is -0.144. The van der Waals surface area contributed by atoms with Crippen LogP contribution < -0.4 is 15.0 Å². The van der Waals surface area contributed by atoms with Crippen molar-refractivity contribution in [2.45, 2.75) is 39.2 Å². The Morgan fingerprint density at radius 2 is 2.06 bits per heavy atom. The van der Waals surface area contributed by atoms with E-state index >= 15 is 0 Å². The van der Waals surface area contributed by atoms with Crippen molar-refractivity contribution in [3.63, 3.8) is 0 Å². The number of ether oxygens (including phenoxy) is 2. The van der Waals surface area contributed by atoms with Crippen LogP contribution in [0.15, 0.2) is 44.7 Å². The maximum absolute atomic E-state index is 13.3. The van der Waals surface area contributed by atoms with E-state index in [-0.39, 0.29) is 23.0 Å². The largest absolute Gasteiger partial charge is 0.493 e. The summed E-state index contributed by atoms with van der Waals surface area (Å²) < 4.78 is 12.9. The maximum atomic E-state index is 13.3. The molecule has 3 rings (SSSR count). The quantitative estimate of drug-likeness (QED) is 0.403. The normalized spacial score (nSPS) is 13.3. The Labute approximate surface area is 203 Å². The summed E-state index contributed by atoms with van der Waals surface area (Å²) in [4.78, 5) is 29.3. The molecule has 0 aliphatic rings. The molecule has 0 aliphatic heterocycles. The molecule has 0 aliphatic carbocycles. The molecular formula is C23H23BrClN3O5. The molecule has 0 fully saturated rings. The number of hydrogen-bond donors (Lipinski definition) is 1. The van der Waals surface area contributed by atoms with Gasteiger partial charge in [-0.1, -0.05) is 41.4 Å². The summed E-state index contributed by atoms with van der Waals surface area (Å²) in [6.45, 7) is 5.36. The fourth-order valence-electron chi connectivity index (χ4n) is 3.09. The SMILES string of the molecule is CC[C@@H](C)c1nc2ccc(Br)cc2c(=O)n1N=Cc1cc(Cl)cc(OC)c1O[C@@H](C)C(=O)O. The van der Waals surface area contributed by atoms with Gasteiger partial charge in [0, 0.05) is 27.0 Å². The summed E-state index contributed by atoms with van der Waals surface area (Å²) in [5.74, 6) is -0.291. The highest BCUT2D eigenvalue weighted by atomic mass is 79.9. The number of carboxylic acids is 1. The number of carbonyl (C=O) groups is 1. The molecule has 33 heavy (non-hydrogen) atoms. The molecule has 0 amide bonds. The lowest BCUT2D eigenvalue weighted by Gasteiger charge is -2.17. The van der Waals surface area contributed by atoms with Gasteiger partial charge < -0.3 is 14.6 Å². The van der Waals surface area contributed by atoms with E-state index in [4.69, 9.17) is 21.1 Å².